The summed E-state index contributed by atoms with van der Waals surface area (Å²) in [5, 5.41) is 9.79. The Labute approximate surface area is 127 Å². The molecule has 1 N–H and O–H groups in total. The van der Waals surface area contributed by atoms with Crippen LogP contribution in [0.2, 0.25) is 0 Å². The Morgan fingerprint density at radius 2 is 1.85 bits per heavy atom. The SMILES string of the molecule is Cc1ccc(CN(C)C(=O)c2cc(Br)ccc2O)cc1. The van der Waals surface area contributed by atoms with E-state index < -0.39 is 0 Å². The van der Waals surface area contributed by atoms with E-state index in [2.05, 4.69) is 15.9 Å². The number of rotatable bonds is 3. The monoisotopic (exact) mass is 333 g/mol. The minimum Gasteiger partial charge on any atom is -0.507 e. The fraction of sp³-hybridized carbons (Fsp3) is 0.188. The number of carbonyl (C=O) groups excluding carboxylic acids is 1. The highest BCUT2D eigenvalue weighted by atomic mass is 79.9. The van der Waals surface area contributed by atoms with E-state index in [-0.39, 0.29) is 11.7 Å². The molecule has 4 heteroatoms. The van der Waals surface area contributed by atoms with Crippen LogP contribution in [0.4, 0.5) is 0 Å². The van der Waals surface area contributed by atoms with Gasteiger partial charge in [-0.15, -0.1) is 0 Å². The number of aromatic hydroxyl groups is 1. The number of nitrogens with zero attached hydrogens (tertiary/aromatic N) is 1. The van der Waals surface area contributed by atoms with Crippen molar-refractivity contribution in [2.75, 3.05) is 7.05 Å². The third kappa shape index (κ3) is 3.39. The van der Waals surface area contributed by atoms with Gasteiger partial charge in [-0.1, -0.05) is 45.8 Å². The molecule has 0 radical (unpaired) electrons. The highest BCUT2D eigenvalue weighted by Crippen LogP contribution is 2.23. The number of phenols is 1. The van der Waals surface area contributed by atoms with E-state index in [0.29, 0.717) is 12.1 Å². The predicted octanol–water partition coefficient (Wildman–Crippen LogP) is 3.74. The Kier molecular flexibility index (Phi) is 4.45. The number of hydrogen-bond acceptors (Lipinski definition) is 2. The minimum absolute atomic E-state index is 0.00560. The van der Waals surface area contributed by atoms with E-state index in [9.17, 15) is 9.90 Å². The summed E-state index contributed by atoms with van der Waals surface area (Å²) in [4.78, 5) is 13.9. The van der Waals surface area contributed by atoms with Crippen molar-refractivity contribution in [3.63, 3.8) is 0 Å². The summed E-state index contributed by atoms with van der Waals surface area (Å²) in [6.07, 6.45) is 0. The molecule has 0 aliphatic carbocycles. The molecule has 3 nitrogen and oxygen atoms in total. The van der Waals surface area contributed by atoms with E-state index >= 15 is 0 Å². The third-order valence-corrected chi connectivity index (χ3v) is 3.57. The largest absolute Gasteiger partial charge is 0.507 e. The first-order chi connectivity index (χ1) is 9.47. The van der Waals surface area contributed by atoms with E-state index in [4.69, 9.17) is 0 Å². The van der Waals surface area contributed by atoms with Crippen molar-refractivity contribution in [1.29, 1.82) is 0 Å². The molecule has 0 saturated carbocycles. The van der Waals surface area contributed by atoms with Crippen LogP contribution in [0, 0.1) is 6.92 Å². The van der Waals surface area contributed by atoms with Gasteiger partial charge in [0.15, 0.2) is 0 Å². The average Bonchev–Trinajstić information content (AvgIpc) is 2.43. The second-order valence-corrected chi connectivity index (χ2v) is 5.72. The van der Waals surface area contributed by atoms with Crippen LogP contribution in [0.15, 0.2) is 46.9 Å². The fourth-order valence-corrected chi connectivity index (χ4v) is 2.29. The maximum Gasteiger partial charge on any atom is 0.257 e. The molecule has 1 amide bonds. The van der Waals surface area contributed by atoms with Crippen LogP contribution >= 0.6 is 15.9 Å². The van der Waals surface area contributed by atoms with Gasteiger partial charge in [-0.25, -0.2) is 0 Å². The molecule has 0 fully saturated rings. The van der Waals surface area contributed by atoms with Crippen LogP contribution in [-0.4, -0.2) is 23.0 Å². The maximum atomic E-state index is 12.3. The fourth-order valence-electron chi connectivity index (χ4n) is 1.92. The summed E-state index contributed by atoms with van der Waals surface area (Å²) >= 11 is 3.31. The molecule has 0 saturated heterocycles. The van der Waals surface area contributed by atoms with Gasteiger partial charge in [0.25, 0.3) is 5.91 Å². The van der Waals surface area contributed by atoms with E-state index in [1.807, 2.05) is 31.2 Å². The standard InChI is InChI=1S/C16H16BrNO2/c1-11-3-5-12(6-4-11)10-18(2)16(20)14-9-13(17)7-8-15(14)19/h3-9,19H,10H2,1-2H3. The Bertz CT molecular complexity index is 623. The summed E-state index contributed by atoms with van der Waals surface area (Å²) in [5.74, 6) is -0.210. The summed E-state index contributed by atoms with van der Waals surface area (Å²) in [6.45, 7) is 2.53. The molecule has 0 aromatic heterocycles. The number of halogens is 1. The molecule has 2 rings (SSSR count). The summed E-state index contributed by atoms with van der Waals surface area (Å²) in [5.41, 5.74) is 2.54. The summed E-state index contributed by atoms with van der Waals surface area (Å²) < 4.78 is 0.766. The van der Waals surface area contributed by atoms with Crippen molar-refractivity contribution in [2.24, 2.45) is 0 Å². The van der Waals surface area contributed by atoms with Crippen molar-refractivity contribution in [3.8, 4) is 5.75 Å². The maximum absolute atomic E-state index is 12.3. The molecule has 0 unspecified atom stereocenters. The molecule has 2 aromatic rings. The molecule has 104 valence electrons. The zero-order chi connectivity index (χ0) is 14.7. The number of phenolic OH excluding ortho intramolecular Hbond substituents is 1. The first kappa shape index (κ1) is 14.6. The number of carbonyl (C=O) groups is 1. The molecule has 0 atom stereocenters. The van der Waals surface area contributed by atoms with Crippen LogP contribution < -0.4 is 0 Å². The van der Waals surface area contributed by atoms with Crippen molar-refractivity contribution < 1.29 is 9.90 Å². The lowest BCUT2D eigenvalue weighted by atomic mass is 10.1. The lowest BCUT2D eigenvalue weighted by Gasteiger charge is -2.18. The van der Waals surface area contributed by atoms with Crippen LogP contribution in [0.1, 0.15) is 21.5 Å². The number of amides is 1. The van der Waals surface area contributed by atoms with Gasteiger partial charge in [-0.05, 0) is 30.7 Å². The van der Waals surface area contributed by atoms with E-state index in [0.717, 1.165) is 10.0 Å². The number of hydrogen-bond donors (Lipinski definition) is 1. The predicted molar refractivity (Wildman–Crippen MR) is 82.8 cm³/mol. The van der Waals surface area contributed by atoms with E-state index in [1.54, 1.807) is 24.1 Å². The minimum atomic E-state index is -0.204. The van der Waals surface area contributed by atoms with Crippen molar-refractivity contribution >= 4 is 21.8 Å². The molecular formula is C16H16BrNO2. The summed E-state index contributed by atoms with van der Waals surface area (Å²) in [7, 11) is 1.72. The normalized spacial score (nSPS) is 10.3. The quantitative estimate of drug-likeness (QED) is 0.929. The van der Waals surface area contributed by atoms with Gasteiger partial charge in [0.05, 0.1) is 5.56 Å². The van der Waals surface area contributed by atoms with Gasteiger partial charge in [0.2, 0.25) is 0 Å². The van der Waals surface area contributed by atoms with Crippen molar-refractivity contribution in [2.45, 2.75) is 13.5 Å². The number of aryl methyl sites for hydroxylation is 1. The van der Waals surface area contributed by atoms with Crippen LogP contribution in [0.5, 0.6) is 5.75 Å². The van der Waals surface area contributed by atoms with Crippen LogP contribution in [0.25, 0.3) is 0 Å². The van der Waals surface area contributed by atoms with Crippen molar-refractivity contribution in [3.05, 3.63) is 63.6 Å². The molecular weight excluding hydrogens is 318 g/mol. The highest BCUT2D eigenvalue weighted by molar-refractivity contribution is 9.10. The zero-order valence-corrected chi connectivity index (χ0v) is 13.0. The van der Waals surface area contributed by atoms with Gasteiger partial charge in [-0.2, -0.15) is 0 Å². The molecule has 0 aliphatic heterocycles. The highest BCUT2D eigenvalue weighted by Gasteiger charge is 2.16. The summed E-state index contributed by atoms with van der Waals surface area (Å²) in [6, 6.07) is 12.9. The van der Waals surface area contributed by atoms with Gasteiger partial charge in [-0.3, -0.25) is 4.79 Å². The van der Waals surface area contributed by atoms with Crippen LogP contribution in [-0.2, 0) is 6.54 Å². The second-order valence-electron chi connectivity index (χ2n) is 4.81. The molecule has 0 bridgehead atoms. The smallest absolute Gasteiger partial charge is 0.257 e. The van der Waals surface area contributed by atoms with E-state index in [1.165, 1.54) is 11.6 Å². The molecule has 0 heterocycles. The van der Waals surface area contributed by atoms with Crippen molar-refractivity contribution in [1.82, 2.24) is 4.90 Å². The Morgan fingerprint density at radius 3 is 2.50 bits per heavy atom. The second kappa shape index (κ2) is 6.09. The van der Waals surface area contributed by atoms with Crippen LogP contribution in [0.3, 0.4) is 0 Å². The Morgan fingerprint density at radius 1 is 1.20 bits per heavy atom. The van der Waals surface area contributed by atoms with Gasteiger partial charge < -0.3 is 10.0 Å². The van der Waals surface area contributed by atoms with Gasteiger partial charge in [0, 0.05) is 18.1 Å². The Hall–Kier alpha value is -1.81. The molecule has 20 heavy (non-hydrogen) atoms. The molecule has 2 aromatic carbocycles. The molecule has 0 aliphatic rings. The lowest BCUT2D eigenvalue weighted by molar-refractivity contribution is 0.0782. The topological polar surface area (TPSA) is 40.5 Å². The lowest BCUT2D eigenvalue weighted by Crippen LogP contribution is -2.26. The van der Waals surface area contributed by atoms with Gasteiger partial charge in [0.1, 0.15) is 5.75 Å². The average molecular weight is 334 g/mol. The number of benzene rings is 2. The first-order valence-corrected chi connectivity index (χ1v) is 7.06. The third-order valence-electron chi connectivity index (χ3n) is 3.08. The zero-order valence-electron chi connectivity index (χ0n) is 11.4. The Balaban J connectivity index is 2.16. The van der Waals surface area contributed by atoms with Gasteiger partial charge >= 0.3 is 0 Å². The first-order valence-electron chi connectivity index (χ1n) is 6.27. The molecule has 0 spiro atoms.